The second-order valence-electron chi connectivity index (χ2n) is 23.4. The average molecular weight is 1100 g/mol. The van der Waals surface area contributed by atoms with Gasteiger partial charge in [-0.3, -0.25) is 19.5 Å². The number of hydrogen-bond donors (Lipinski definition) is 3. The summed E-state index contributed by atoms with van der Waals surface area (Å²) >= 11 is 0. The molecule has 7 atom stereocenters. The van der Waals surface area contributed by atoms with Crippen molar-refractivity contribution < 1.29 is 37.9 Å². The second-order valence-corrected chi connectivity index (χ2v) is 23.4. The van der Waals surface area contributed by atoms with Crippen molar-refractivity contribution in [1.82, 2.24) is 45.4 Å². The Morgan fingerprint density at radius 1 is 0.938 bits per heavy atom. The molecule has 12 rings (SSSR count). The maximum absolute atomic E-state index is 17.3. The number of likely N-dealkylation sites (tertiary alicyclic amines) is 1. The Balaban J connectivity index is 0.678. The van der Waals surface area contributed by atoms with Crippen molar-refractivity contribution in [3.8, 4) is 29.1 Å². The molecule has 19 nitrogen and oxygen atoms in total. The summed E-state index contributed by atoms with van der Waals surface area (Å²) in [5.74, 6) is -0.127. The van der Waals surface area contributed by atoms with Crippen molar-refractivity contribution in [2.24, 2.45) is 5.92 Å². The molecule has 3 aromatic heterocycles. The van der Waals surface area contributed by atoms with Gasteiger partial charge in [0.25, 0.3) is 0 Å². The van der Waals surface area contributed by atoms with Crippen molar-refractivity contribution in [3.63, 3.8) is 0 Å². The van der Waals surface area contributed by atoms with Gasteiger partial charge in [0, 0.05) is 81.8 Å². The van der Waals surface area contributed by atoms with Gasteiger partial charge in [-0.1, -0.05) is 56.3 Å². The highest BCUT2D eigenvalue weighted by Gasteiger charge is 2.50. The summed E-state index contributed by atoms with van der Waals surface area (Å²) in [6.07, 6.45) is 8.89. The molecule has 81 heavy (non-hydrogen) atoms. The summed E-state index contributed by atoms with van der Waals surface area (Å²) in [6, 6.07) is 20.0. The maximum atomic E-state index is 17.3. The normalized spacial score (nSPS) is 23.5. The van der Waals surface area contributed by atoms with E-state index in [2.05, 4.69) is 38.6 Å². The lowest BCUT2D eigenvalue weighted by molar-refractivity contribution is -0.141. The minimum absolute atomic E-state index is 0.00482. The number of carbonyl (C=O) groups excluding carboxylic acids is 3. The summed E-state index contributed by atoms with van der Waals surface area (Å²) in [4.78, 5) is 66.3. The fourth-order valence-electron chi connectivity index (χ4n) is 13.9. The van der Waals surface area contributed by atoms with Crippen molar-refractivity contribution in [3.05, 3.63) is 95.1 Å². The standard InChI is InChI=1S/C61H71FN12O7/c1-5-39-9-6-10-41-27-45(75)28-46(52(39)41)54-53(62)55-47(31-64-54)56(72-32-42-16-17-43(33-72)66-42)68-59(67-55)80-35-61-19-8-22-74(61)44(18-20-61)34-79-60(78)71-25-23-70(24-26-71)50-29-49(81-69-50)51(36(2)3)58(77)73-21-7-11-48(73)57(76)65-37(4)40-14-12-38(30-63)13-15-40/h6,9-10,12-15,27-29,31,36-37,42-44,48,51,66,75H,5,7-8,11,16-26,32-35H2,1-4H3,(H,65,76). The molecule has 0 radical (unpaired) electrons. The quantitative estimate of drug-likeness (QED) is 0.0887. The number of aromatic hydroxyl groups is 1. The molecule has 6 aliphatic rings. The van der Waals surface area contributed by atoms with Gasteiger partial charge in [0.05, 0.1) is 28.6 Å². The highest BCUT2D eigenvalue weighted by Crippen LogP contribution is 2.44. The minimum atomic E-state index is -0.648. The Morgan fingerprint density at radius 3 is 2.48 bits per heavy atom. The number of rotatable bonds is 15. The van der Waals surface area contributed by atoms with E-state index in [1.54, 1.807) is 40.3 Å². The van der Waals surface area contributed by atoms with Crippen LogP contribution in [0.1, 0.15) is 113 Å². The van der Waals surface area contributed by atoms with Crippen molar-refractivity contribution in [1.29, 1.82) is 5.26 Å². The number of ether oxygens (including phenoxy) is 2. The van der Waals surface area contributed by atoms with Gasteiger partial charge >= 0.3 is 12.1 Å². The average Bonchev–Trinajstić information content (AvgIpc) is 4.48. The smallest absolute Gasteiger partial charge is 0.409 e. The number of piperazine rings is 2. The predicted molar refractivity (Wildman–Crippen MR) is 302 cm³/mol. The molecule has 9 heterocycles. The number of phenols is 1. The number of pyridine rings is 1. The third-order valence-corrected chi connectivity index (χ3v) is 18.1. The zero-order chi connectivity index (χ0) is 56.1. The number of phenolic OH excluding ortho intramolecular Hbond substituents is 1. The van der Waals surface area contributed by atoms with Crippen LogP contribution in [0.5, 0.6) is 11.8 Å². The Bertz CT molecular complexity index is 3390. The van der Waals surface area contributed by atoms with Crippen molar-refractivity contribution in [2.75, 3.05) is 75.4 Å². The van der Waals surface area contributed by atoms with Crippen molar-refractivity contribution in [2.45, 2.75) is 127 Å². The van der Waals surface area contributed by atoms with Crippen LogP contribution >= 0.6 is 0 Å². The number of nitrogens with zero attached hydrogens (tertiary/aromatic N) is 10. The summed E-state index contributed by atoms with van der Waals surface area (Å²) in [7, 11) is 0. The van der Waals surface area contributed by atoms with E-state index in [4.69, 9.17) is 28.9 Å². The van der Waals surface area contributed by atoms with Gasteiger partial charge in [0.2, 0.25) is 11.8 Å². The van der Waals surface area contributed by atoms with Gasteiger partial charge in [-0.15, -0.1) is 0 Å². The number of amides is 3. The first kappa shape index (κ1) is 54.0. The molecular formula is C61H71FN12O7. The molecule has 6 aliphatic heterocycles. The Hall–Kier alpha value is -7.63. The van der Waals surface area contributed by atoms with Gasteiger partial charge in [0.1, 0.15) is 48.0 Å². The SMILES string of the molecule is CCc1cccc2cc(O)cc(-c3ncc4c(N5CC6CCC(C5)N6)nc(OCC56CCCN5C(COC(=O)N5CCN(c7cc(C(C(=O)N8CCCC8C(=O)NC(C)c8ccc(C#N)cc8)C(C)C)on7)CC5)CC6)nc4c3F)c12. The molecule has 6 aromatic rings. The van der Waals surface area contributed by atoms with Crippen molar-refractivity contribution >= 4 is 51.2 Å². The first-order chi connectivity index (χ1) is 39.3. The molecule has 6 saturated heterocycles. The molecule has 3 amide bonds. The Kier molecular flexibility index (Phi) is 14.9. The molecule has 2 bridgehead atoms. The number of fused-ring (bicyclic) bond motifs is 5. The van der Waals surface area contributed by atoms with Crippen LogP contribution < -0.4 is 25.2 Å². The molecule has 7 unspecified atom stereocenters. The number of aromatic nitrogens is 4. The second kappa shape index (κ2) is 22.4. The number of nitrogens with one attached hydrogen (secondary N) is 2. The largest absolute Gasteiger partial charge is 0.508 e. The highest BCUT2D eigenvalue weighted by molar-refractivity contribution is 6.02. The summed E-state index contributed by atoms with van der Waals surface area (Å²) < 4.78 is 36.0. The number of aryl methyl sites for hydroxylation is 1. The number of nitriles is 1. The molecule has 0 aliphatic carbocycles. The number of carbonyl (C=O) groups is 3. The Labute approximate surface area is 470 Å². The number of halogens is 1. The zero-order valence-corrected chi connectivity index (χ0v) is 46.6. The van der Waals surface area contributed by atoms with E-state index in [-0.39, 0.29) is 71.0 Å². The van der Waals surface area contributed by atoms with E-state index < -0.39 is 17.8 Å². The lowest BCUT2D eigenvalue weighted by atomic mass is 9.91. The van der Waals surface area contributed by atoms with Crippen LogP contribution in [0.4, 0.5) is 20.8 Å². The van der Waals surface area contributed by atoms with Gasteiger partial charge in [-0.05, 0) is 123 Å². The van der Waals surface area contributed by atoms with Crippen LogP contribution in [0.25, 0.3) is 32.9 Å². The predicted octanol–water partition coefficient (Wildman–Crippen LogP) is 7.99. The zero-order valence-electron chi connectivity index (χ0n) is 46.6. The minimum Gasteiger partial charge on any atom is -0.508 e. The van der Waals surface area contributed by atoms with E-state index in [1.807, 2.05) is 62.1 Å². The van der Waals surface area contributed by atoms with Gasteiger partial charge < -0.3 is 49.3 Å². The van der Waals surface area contributed by atoms with E-state index in [0.29, 0.717) is 98.2 Å². The van der Waals surface area contributed by atoms with E-state index in [9.17, 15) is 24.8 Å². The van der Waals surface area contributed by atoms with Gasteiger partial charge in [0.15, 0.2) is 17.4 Å². The van der Waals surface area contributed by atoms with Crippen LogP contribution in [0, 0.1) is 23.1 Å². The number of hydrogen-bond acceptors (Lipinski definition) is 16. The monoisotopic (exact) mass is 1100 g/mol. The summed E-state index contributed by atoms with van der Waals surface area (Å²) in [6.45, 7) is 12.9. The lowest BCUT2D eigenvalue weighted by Crippen LogP contribution is -2.51. The van der Waals surface area contributed by atoms with Crippen LogP contribution in [0.15, 0.2) is 71.4 Å². The van der Waals surface area contributed by atoms with Gasteiger partial charge in [-0.2, -0.15) is 15.2 Å². The number of benzene rings is 3. The molecule has 6 fully saturated rings. The molecule has 0 spiro atoms. The van der Waals surface area contributed by atoms with Crippen LogP contribution in [0.3, 0.4) is 0 Å². The molecule has 20 heteroatoms. The molecule has 424 valence electrons. The number of anilines is 2. The third kappa shape index (κ3) is 10.4. The third-order valence-electron chi connectivity index (χ3n) is 18.1. The summed E-state index contributed by atoms with van der Waals surface area (Å²) in [5, 5.41) is 33.3. The topological polar surface area (TPSA) is 219 Å². The molecule has 0 saturated carbocycles. The Morgan fingerprint density at radius 2 is 1.73 bits per heavy atom. The van der Waals surface area contributed by atoms with Gasteiger partial charge in [-0.25, -0.2) is 9.18 Å². The summed E-state index contributed by atoms with van der Waals surface area (Å²) in [5.41, 5.74) is 2.83. The van der Waals surface area contributed by atoms with Crippen LogP contribution in [-0.4, -0.2) is 153 Å². The molecular weight excluding hydrogens is 1030 g/mol. The first-order valence-corrected chi connectivity index (χ1v) is 29.0. The van der Waals surface area contributed by atoms with Crippen LogP contribution in [0.2, 0.25) is 0 Å². The van der Waals surface area contributed by atoms with E-state index in [1.165, 1.54) is 0 Å². The highest BCUT2D eigenvalue weighted by atomic mass is 19.1. The molecule has 3 aromatic carbocycles. The lowest BCUT2D eigenvalue weighted by Gasteiger charge is -2.36. The molecule has 3 N–H and O–H groups in total. The fraction of sp³-hybridized carbons (Fsp3) is 0.508. The van der Waals surface area contributed by atoms with E-state index in [0.717, 1.165) is 86.5 Å². The van der Waals surface area contributed by atoms with E-state index >= 15 is 4.39 Å². The maximum Gasteiger partial charge on any atom is 0.409 e. The van der Waals surface area contributed by atoms with Crippen LogP contribution in [-0.2, 0) is 20.7 Å². The first-order valence-electron chi connectivity index (χ1n) is 29.0. The fourth-order valence-corrected chi connectivity index (χ4v) is 13.9.